The molecule has 0 spiro atoms. The fraction of sp³-hybridized carbons (Fsp3) is 0.286. The lowest BCUT2D eigenvalue weighted by Gasteiger charge is -2.12. The summed E-state index contributed by atoms with van der Waals surface area (Å²) < 4.78 is 10.5. The molecular formula is C14H15NO4. The van der Waals surface area contributed by atoms with Crippen molar-refractivity contribution in [2.75, 3.05) is 0 Å². The van der Waals surface area contributed by atoms with Gasteiger partial charge in [0.1, 0.15) is 12.4 Å². The van der Waals surface area contributed by atoms with Gasteiger partial charge >= 0.3 is 5.97 Å². The maximum atomic E-state index is 10.7. The van der Waals surface area contributed by atoms with Crippen molar-refractivity contribution in [2.24, 2.45) is 0 Å². The van der Waals surface area contributed by atoms with E-state index in [1.54, 1.807) is 0 Å². The van der Waals surface area contributed by atoms with Gasteiger partial charge in [0.15, 0.2) is 11.5 Å². The maximum Gasteiger partial charge on any atom is 0.358 e. The minimum absolute atomic E-state index is 0.115. The van der Waals surface area contributed by atoms with Crippen LogP contribution in [-0.4, -0.2) is 16.2 Å². The second-order valence-corrected chi connectivity index (χ2v) is 4.46. The highest BCUT2D eigenvalue weighted by atomic mass is 16.5. The van der Waals surface area contributed by atoms with Crippen molar-refractivity contribution < 1.29 is 19.2 Å². The Morgan fingerprint density at radius 2 is 2.16 bits per heavy atom. The van der Waals surface area contributed by atoms with E-state index in [9.17, 15) is 4.79 Å². The van der Waals surface area contributed by atoms with Crippen LogP contribution < -0.4 is 4.74 Å². The largest absolute Gasteiger partial charge is 0.485 e. The van der Waals surface area contributed by atoms with Gasteiger partial charge in [-0.2, -0.15) is 0 Å². The van der Waals surface area contributed by atoms with Crippen LogP contribution in [-0.2, 0) is 6.61 Å². The van der Waals surface area contributed by atoms with Gasteiger partial charge in [-0.15, -0.1) is 0 Å². The zero-order chi connectivity index (χ0) is 13.8. The van der Waals surface area contributed by atoms with E-state index < -0.39 is 5.97 Å². The van der Waals surface area contributed by atoms with Crippen molar-refractivity contribution in [1.29, 1.82) is 0 Å². The molecule has 1 heterocycles. The second-order valence-electron chi connectivity index (χ2n) is 4.46. The van der Waals surface area contributed by atoms with E-state index in [2.05, 4.69) is 19.0 Å². The minimum Gasteiger partial charge on any atom is -0.485 e. The number of para-hydroxylation sites is 1. The van der Waals surface area contributed by atoms with Gasteiger partial charge < -0.3 is 14.4 Å². The average Bonchev–Trinajstić information content (AvgIpc) is 2.85. The minimum atomic E-state index is -1.11. The van der Waals surface area contributed by atoms with Crippen LogP contribution in [0, 0.1) is 0 Å². The summed E-state index contributed by atoms with van der Waals surface area (Å²) in [6.07, 6.45) is 0. The summed E-state index contributed by atoms with van der Waals surface area (Å²) in [6.45, 7) is 4.32. The first-order chi connectivity index (χ1) is 9.08. The van der Waals surface area contributed by atoms with E-state index in [0.29, 0.717) is 11.7 Å². The van der Waals surface area contributed by atoms with Gasteiger partial charge in [-0.25, -0.2) is 4.79 Å². The van der Waals surface area contributed by atoms with Crippen LogP contribution in [0.1, 0.15) is 41.6 Å². The van der Waals surface area contributed by atoms with Gasteiger partial charge in [-0.05, 0) is 17.5 Å². The van der Waals surface area contributed by atoms with Crippen LogP contribution in [0.5, 0.6) is 5.75 Å². The molecular weight excluding hydrogens is 246 g/mol. The molecule has 0 saturated carbocycles. The van der Waals surface area contributed by atoms with E-state index in [-0.39, 0.29) is 12.3 Å². The average molecular weight is 261 g/mol. The molecule has 2 aromatic rings. The summed E-state index contributed by atoms with van der Waals surface area (Å²) in [4.78, 5) is 10.7. The number of aromatic nitrogens is 1. The first kappa shape index (κ1) is 13.1. The SMILES string of the molecule is CC(C)c1ccccc1OCc1cc(C(=O)O)no1. The molecule has 0 amide bonds. The van der Waals surface area contributed by atoms with Gasteiger partial charge in [0, 0.05) is 6.07 Å². The van der Waals surface area contributed by atoms with Crippen LogP contribution in [0.2, 0.25) is 0 Å². The Morgan fingerprint density at radius 3 is 2.79 bits per heavy atom. The molecule has 1 aromatic carbocycles. The van der Waals surface area contributed by atoms with Crippen molar-refractivity contribution in [3.05, 3.63) is 47.3 Å². The number of hydrogen-bond donors (Lipinski definition) is 1. The van der Waals surface area contributed by atoms with Gasteiger partial charge in [-0.1, -0.05) is 37.2 Å². The Morgan fingerprint density at radius 1 is 1.42 bits per heavy atom. The predicted octanol–water partition coefficient (Wildman–Crippen LogP) is 3.08. The number of aromatic carboxylic acids is 1. The van der Waals surface area contributed by atoms with Crippen LogP contribution in [0.25, 0.3) is 0 Å². The zero-order valence-corrected chi connectivity index (χ0v) is 10.8. The Hall–Kier alpha value is -2.30. The van der Waals surface area contributed by atoms with E-state index in [0.717, 1.165) is 11.3 Å². The molecule has 1 aromatic heterocycles. The monoisotopic (exact) mass is 261 g/mol. The van der Waals surface area contributed by atoms with Crippen molar-refractivity contribution in [3.8, 4) is 5.75 Å². The molecule has 19 heavy (non-hydrogen) atoms. The molecule has 0 aliphatic heterocycles. The summed E-state index contributed by atoms with van der Waals surface area (Å²) in [5.41, 5.74) is 0.983. The van der Waals surface area contributed by atoms with E-state index in [1.807, 2.05) is 24.3 Å². The fourth-order valence-electron chi connectivity index (χ4n) is 1.72. The van der Waals surface area contributed by atoms with Gasteiger partial charge in [-0.3, -0.25) is 0 Å². The molecule has 0 fully saturated rings. The number of benzene rings is 1. The number of carbonyl (C=O) groups is 1. The second kappa shape index (κ2) is 5.56. The lowest BCUT2D eigenvalue weighted by atomic mass is 10.0. The number of nitrogens with zero attached hydrogens (tertiary/aromatic N) is 1. The third kappa shape index (κ3) is 3.13. The van der Waals surface area contributed by atoms with Crippen molar-refractivity contribution in [3.63, 3.8) is 0 Å². The first-order valence-electron chi connectivity index (χ1n) is 5.98. The molecule has 5 nitrogen and oxygen atoms in total. The molecule has 0 saturated heterocycles. The van der Waals surface area contributed by atoms with Crippen LogP contribution in [0.4, 0.5) is 0 Å². The third-order valence-electron chi connectivity index (χ3n) is 2.69. The Bertz CT molecular complexity index is 574. The standard InChI is InChI=1S/C14H15NO4/c1-9(2)11-5-3-4-6-13(11)18-8-10-7-12(14(16)17)15-19-10/h3-7,9H,8H2,1-2H3,(H,16,17). The van der Waals surface area contributed by atoms with E-state index in [1.165, 1.54) is 6.07 Å². The smallest absolute Gasteiger partial charge is 0.358 e. The molecule has 0 unspecified atom stereocenters. The lowest BCUT2D eigenvalue weighted by molar-refractivity contribution is 0.0685. The summed E-state index contributed by atoms with van der Waals surface area (Å²) >= 11 is 0. The molecule has 0 atom stereocenters. The number of ether oxygens (including phenoxy) is 1. The highest BCUT2D eigenvalue weighted by Gasteiger charge is 2.12. The normalized spacial score (nSPS) is 10.7. The number of rotatable bonds is 5. The predicted molar refractivity (Wildman–Crippen MR) is 68.3 cm³/mol. The molecule has 0 bridgehead atoms. The Kier molecular flexibility index (Phi) is 3.85. The maximum absolute atomic E-state index is 10.7. The number of carboxylic acids is 1. The zero-order valence-electron chi connectivity index (χ0n) is 10.8. The van der Waals surface area contributed by atoms with Gasteiger partial charge in [0.05, 0.1) is 0 Å². The fourth-order valence-corrected chi connectivity index (χ4v) is 1.72. The molecule has 0 radical (unpaired) electrons. The summed E-state index contributed by atoms with van der Waals surface area (Å²) in [5.74, 6) is 0.389. The topological polar surface area (TPSA) is 72.6 Å². The summed E-state index contributed by atoms with van der Waals surface area (Å²) in [5, 5.41) is 12.2. The third-order valence-corrected chi connectivity index (χ3v) is 2.69. The first-order valence-corrected chi connectivity index (χ1v) is 5.98. The van der Waals surface area contributed by atoms with Gasteiger partial charge in [0.25, 0.3) is 0 Å². The Labute approximate surface area is 110 Å². The summed E-state index contributed by atoms with van der Waals surface area (Å²) in [6, 6.07) is 9.09. The highest BCUT2D eigenvalue weighted by molar-refractivity contribution is 5.85. The van der Waals surface area contributed by atoms with E-state index in [4.69, 9.17) is 14.4 Å². The van der Waals surface area contributed by atoms with Crippen LogP contribution >= 0.6 is 0 Å². The van der Waals surface area contributed by atoms with Crippen molar-refractivity contribution in [2.45, 2.75) is 26.4 Å². The molecule has 100 valence electrons. The lowest BCUT2D eigenvalue weighted by Crippen LogP contribution is -1.99. The molecule has 0 aliphatic rings. The van der Waals surface area contributed by atoms with E-state index >= 15 is 0 Å². The summed E-state index contributed by atoms with van der Waals surface area (Å²) in [7, 11) is 0. The van der Waals surface area contributed by atoms with Gasteiger partial charge in [0.2, 0.25) is 0 Å². The molecule has 1 N–H and O–H groups in total. The molecule has 2 rings (SSSR count). The molecule has 5 heteroatoms. The van der Waals surface area contributed by atoms with Crippen molar-refractivity contribution in [1.82, 2.24) is 5.16 Å². The van der Waals surface area contributed by atoms with Crippen LogP contribution in [0.15, 0.2) is 34.9 Å². The number of hydrogen-bond acceptors (Lipinski definition) is 4. The quantitative estimate of drug-likeness (QED) is 0.895. The number of carboxylic acid groups (broad SMARTS) is 1. The Balaban J connectivity index is 2.08. The van der Waals surface area contributed by atoms with Crippen molar-refractivity contribution >= 4 is 5.97 Å². The highest BCUT2D eigenvalue weighted by Crippen LogP contribution is 2.26. The van der Waals surface area contributed by atoms with Crippen LogP contribution in [0.3, 0.4) is 0 Å². The molecule has 0 aliphatic carbocycles.